The lowest BCUT2D eigenvalue weighted by molar-refractivity contribution is -0.118. The molecule has 0 spiro atoms. The Balaban J connectivity index is 2.07. The number of carbonyl (C=O) groups is 2. The van der Waals surface area contributed by atoms with E-state index in [4.69, 9.17) is 21.1 Å². The van der Waals surface area contributed by atoms with E-state index in [0.29, 0.717) is 11.3 Å². The van der Waals surface area contributed by atoms with Crippen molar-refractivity contribution < 1.29 is 27.8 Å². The number of hydrogen-bond donors (Lipinski definition) is 1. The molecule has 0 aliphatic heterocycles. The second kappa shape index (κ2) is 9.57. The number of Topliss-reactive ketones (excluding diaryl/α,β-unsaturated/α-hetero) is 1. The summed E-state index contributed by atoms with van der Waals surface area (Å²) in [6.45, 7) is 1.03. The van der Waals surface area contributed by atoms with Gasteiger partial charge in [0.2, 0.25) is 0 Å². The van der Waals surface area contributed by atoms with E-state index in [9.17, 15) is 18.4 Å². The Kier molecular flexibility index (Phi) is 7.44. The number of rotatable bonds is 8. The first-order valence-electron chi connectivity index (χ1n) is 7.66. The average molecular weight is 416 g/mol. The zero-order chi connectivity index (χ0) is 20.0. The van der Waals surface area contributed by atoms with Gasteiger partial charge in [0.15, 0.2) is 23.9 Å². The Morgan fingerprint density at radius 1 is 1.22 bits per heavy atom. The number of ether oxygens (including phenoxy) is 2. The Hall–Kier alpha value is -2.32. The van der Waals surface area contributed by atoms with Gasteiger partial charge in [-0.15, -0.1) is 0 Å². The molecular formula is C18H16ClF2NO4S. The molecule has 0 aromatic heterocycles. The summed E-state index contributed by atoms with van der Waals surface area (Å²) < 4.78 is 35.9. The van der Waals surface area contributed by atoms with Gasteiger partial charge < -0.3 is 14.8 Å². The minimum Gasteiger partial charge on any atom is -0.493 e. The van der Waals surface area contributed by atoms with Crippen LogP contribution in [0.2, 0.25) is 5.02 Å². The molecule has 1 amide bonds. The van der Waals surface area contributed by atoms with Crippen molar-refractivity contribution in [2.75, 3.05) is 19.0 Å². The quantitative estimate of drug-likeness (QED) is 0.491. The smallest absolute Gasteiger partial charge is 0.289 e. The minimum atomic E-state index is -2.68. The van der Waals surface area contributed by atoms with Crippen LogP contribution in [0.15, 0.2) is 41.3 Å². The van der Waals surface area contributed by atoms with E-state index >= 15 is 0 Å². The molecule has 0 unspecified atom stereocenters. The molecule has 0 fully saturated rings. The van der Waals surface area contributed by atoms with Crippen molar-refractivity contribution in [2.24, 2.45) is 0 Å². The number of anilines is 1. The maximum atomic E-state index is 12.7. The van der Waals surface area contributed by atoms with Crippen LogP contribution in [0.3, 0.4) is 0 Å². The zero-order valence-electron chi connectivity index (χ0n) is 14.4. The summed E-state index contributed by atoms with van der Waals surface area (Å²) >= 11 is 6.17. The first-order chi connectivity index (χ1) is 12.8. The van der Waals surface area contributed by atoms with Crippen LogP contribution in [-0.2, 0) is 4.79 Å². The zero-order valence-corrected chi connectivity index (χ0v) is 16.0. The van der Waals surface area contributed by atoms with Crippen LogP contribution in [0.5, 0.6) is 11.5 Å². The number of halogens is 3. The highest BCUT2D eigenvalue weighted by atomic mass is 35.5. The van der Waals surface area contributed by atoms with Crippen LogP contribution in [0.1, 0.15) is 17.3 Å². The molecule has 0 saturated heterocycles. The second-order valence-electron chi connectivity index (χ2n) is 5.25. The minimum absolute atomic E-state index is 0.0749. The molecule has 2 aromatic carbocycles. The monoisotopic (exact) mass is 415 g/mol. The molecule has 9 heteroatoms. The van der Waals surface area contributed by atoms with E-state index in [1.807, 2.05) is 0 Å². The van der Waals surface area contributed by atoms with E-state index in [0.717, 1.165) is 0 Å². The highest BCUT2D eigenvalue weighted by molar-refractivity contribution is 7.99. The summed E-state index contributed by atoms with van der Waals surface area (Å²) in [5.41, 5.74) is 0.608. The number of nitrogens with one attached hydrogen (secondary N) is 1. The number of ketones is 1. The van der Waals surface area contributed by atoms with Crippen LogP contribution in [0.25, 0.3) is 0 Å². The molecule has 2 rings (SSSR count). The fraction of sp³-hybridized carbons (Fsp3) is 0.222. The Morgan fingerprint density at radius 3 is 2.59 bits per heavy atom. The Labute approximate surface area is 164 Å². The van der Waals surface area contributed by atoms with Gasteiger partial charge in [0, 0.05) is 5.56 Å². The van der Waals surface area contributed by atoms with Crippen molar-refractivity contribution in [3.63, 3.8) is 0 Å². The Bertz CT molecular complexity index is 848. The van der Waals surface area contributed by atoms with E-state index in [1.165, 1.54) is 44.4 Å². The topological polar surface area (TPSA) is 64.6 Å². The molecule has 1 N–H and O–H groups in total. The molecule has 0 atom stereocenters. The number of benzene rings is 2. The number of alkyl halides is 2. The molecule has 2 aromatic rings. The maximum Gasteiger partial charge on any atom is 0.289 e. The van der Waals surface area contributed by atoms with Gasteiger partial charge in [0.25, 0.3) is 11.7 Å². The summed E-state index contributed by atoms with van der Waals surface area (Å²) in [6.07, 6.45) is 0. The molecule has 5 nitrogen and oxygen atoms in total. The molecule has 27 heavy (non-hydrogen) atoms. The first kappa shape index (κ1) is 21.0. The van der Waals surface area contributed by atoms with E-state index in [2.05, 4.69) is 5.32 Å². The number of thioether (sulfide) groups is 1. The molecule has 0 saturated carbocycles. The number of methoxy groups -OCH3 is 1. The molecular weight excluding hydrogens is 400 g/mol. The van der Waals surface area contributed by atoms with Crippen molar-refractivity contribution in [2.45, 2.75) is 17.6 Å². The van der Waals surface area contributed by atoms with Crippen LogP contribution < -0.4 is 14.8 Å². The van der Waals surface area contributed by atoms with Crippen LogP contribution in [-0.4, -0.2) is 31.2 Å². The van der Waals surface area contributed by atoms with Gasteiger partial charge in [-0.3, -0.25) is 9.59 Å². The molecule has 0 bridgehead atoms. The van der Waals surface area contributed by atoms with Crippen molar-refractivity contribution in [3.8, 4) is 11.5 Å². The van der Waals surface area contributed by atoms with Gasteiger partial charge in [-0.25, -0.2) is 0 Å². The van der Waals surface area contributed by atoms with Gasteiger partial charge >= 0.3 is 0 Å². The predicted octanol–water partition coefficient (Wildman–Crippen LogP) is 4.88. The summed E-state index contributed by atoms with van der Waals surface area (Å²) in [6, 6.07) is 9.03. The van der Waals surface area contributed by atoms with Crippen molar-refractivity contribution in [1.29, 1.82) is 0 Å². The second-order valence-corrected chi connectivity index (χ2v) is 6.66. The lowest BCUT2D eigenvalue weighted by Gasteiger charge is -2.14. The predicted molar refractivity (Wildman–Crippen MR) is 100 cm³/mol. The van der Waals surface area contributed by atoms with Gasteiger partial charge in [-0.1, -0.05) is 29.4 Å². The average Bonchev–Trinajstić information content (AvgIpc) is 2.62. The molecule has 0 aliphatic rings. The van der Waals surface area contributed by atoms with E-state index in [1.54, 1.807) is 6.07 Å². The largest absolute Gasteiger partial charge is 0.493 e. The normalized spacial score (nSPS) is 10.6. The molecule has 0 aliphatic carbocycles. The number of carbonyl (C=O) groups excluding carboxylic acids is 2. The highest BCUT2D eigenvalue weighted by Crippen LogP contribution is 2.37. The third-order valence-corrected chi connectivity index (χ3v) is 4.66. The van der Waals surface area contributed by atoms with Gasteiger partial charge in [0.1, 0.15) is 0 Å². The van der Waals surface area contributed by atoms with Crippen LogP contribution in [0, 0.1) is 0 Å². The number of amides is 1. The first-order valence-corrected chi connectivity index (χ1v) is 8.92. The van der Waals surface area contributed by atoms with Crippen LogP contribution in [0.4, 0.5) is 14.5 Å². The van der Waals surface area contributed by atoms with Gasteiger partial charge in [-0.05, 0) is 37.3 Å². The number of hydrogen-bond acceptors (Lipinski definition) is 5. The van der Waals surface area contributed by atoms with Crippen molar-refractivity contribution in [3.05, 3.63) is 47.0 Å². The molecule has 0 heterocycles. The molecule has 144 valence electrons. The fourth-order valence-corrected chi connectivity index (χ4v) is 3.06. The SMILES string of the molecule is COc1cc(C(C)=O)ccc1OCC(=O)Nc1cccc(Cl)c1SC(F)F. The summed E-state index contributed by atoms with van der Waals surface area (Å²) in [4.78, 5) is 23.6. The van der Waals surface area contributed by atoms with E-state index in [-0.39, 0.29) is 45.5 Å². The summed E-state index contributed by atoms with van der Waals surface area (Å²) in [7, 11) is 1.41. The summed E-state index contributed by atoms with van der Waals surface area (Å²) in [5.74, 6) is -2.81. The third kappa shape index (κ3) is 5.83. The fourth-order valence-electron chi connectivity index (χ4n) is 2.15. The molecule has 0 radical (unpaired) electrons. The Morgan fingerprint density at radius 2 is 1.96 bits per heavy atom. The van der Waals surface area contributed by atoms with Crippen LogP contribution >= 0.6 is 23.4 Å². The summed E-state index contributed by atoms with van der Waals surface area (Å²) in [5, 5.41) is 2.61. The standard InChI is InChI=1S/C18H16ClF2NO4S/c1-10(23)11-6-7-14(15(8-11)25-2)26-9-16(24)22-13-5-3-4-12(19)17(13)27-18(20)21/h3-8,18H,9H2,1-2H3,(H,22,24). The van der Waals surface area contributed by atoms with Gasteiger partial charge in [0.05, 0.1) is 22.7 Å². The van der Waals surface area contributed by atoms with Crippen molar-refractivity contribution in [1.82, 2.24) is 0 Å². The lowest BCUT2D eigenvalue weighted by atomic mass is 10.1. The highest BCUT2D eigenvalue weighted by Gasteiger charge is 2.16. The van der Waals surface area contributed by atoms with Gasteiger partial charge in [-0.2, -0.15) is 8.78 Å². The maximum absolute atomic E-state index is 12.7. The van der Waals surface area contributed by atoms with Crippen molar-refractivity contribution >= 4 is 40.7 Å². The van der Waals surface area contributed by atoms with E-state index < -0.39 is 11.7 Å². The third-order valence-electron chi connectivity index (χ3n) is 3.38. The lowest BCUT2D eigenvalue weighted by Crippen LogP contribution is -2.20.